The molecule has 0 radical (unpaired) electrons. The minimum atomic E-state index is -0.962. The van der Waals surface area contributed by atoms with Gasteiger partial charge in [0.15, 0.2) is 0 Å². The van der Waals surface area contributed by atoms with E-state index in [4.69, 9.17) is 10.5 Å². The van der Waals surface area contributed by atoms with Crippen LogP contribution in [0.4, 0.5) is 11.4 Å². The first kappa shape index (κ1) is 12.7. The van der Waals surface area contributed by atoms with E-state index in [1.807, 2.05) is 11.9 Å². The molecule has 1 aromatic rings. The van der Waals surface area contributed by atoms with Crippen LogP contribution < -0.4 is 10.6 Å². The molecule has 1 saturated heterocycles. The number of nitrogens with two attached hydrogens (primary N) is 1. The lowest BCUT2D eigenvalue weighted by Crippen LogP contribution is -2.29. The summed E-state index contributed by atoms with van der Waals surface area (Å²) >= 11 is 0. The van der Waals surface area contributed by atoms with Crippen LogP contribution in [-0.4, -0.2) is 37.4 Å². The summed E-state index contributed by atoms with van der Waals surface area (Å²) in [6, 6.07) is 4.95. The SMILES string of the molecule is CN(CC1CCCO1)c1ccc(N)cc1C(=O)O. The molecule has 18 heavy (non-hydrogen) atoms. The summed E-state index contributed by atoms with van der Waals surface area (Å²) in [5, 5.41) is 9.19. The number of carboxylic acids is 1. The molecule has 1 aliphatic heterocycles. The third-order valence-corrected chi connectivity index (χ3v) is 3.16. The number of ether oxygens (including phenoxy) is 1. The normalized spacial score (nSPS) is 18.8. The Morgan fingerprint density at radius 2 is 2.39 bits per heavy atom. The van der Waals surface area contributed by atoms with Gasteiger partial charge in [0.25, 0.3) is 0 Å². The maximum absolute atomic E-state index is 11.2. The van der Waals surface area contributed by atoms with E-state index in [9.17, 15) is 9.90 Å². The van der Waals surface area contributed by atoms with Gasteiger partial charge in [0.2, 0.25) is 0 Å². The average Bonchev–Trinajstić information content (AvgIpc) is 2.81. The fourth-order valence-electron chi connectivity index (χ4n) is 2.25. The van der Waals surface area contributed by atoms with Crippen LogP contribution in [0.25, 0.3) is 0 Å². The molecule has 1 unspecified atom stereocenters. The highest BCUT2D eigenvalue weighted by molar-refractivity contribution is 5.95. The number of nitrogens with zero attached hydrogens (tertiary/aromatic N) is 1. The van der Waals surface area contributed by atoms with Crippen molar-refractivity contribution in [3.8, 4) is 0 Å². The first-order chi connectivity index (χ1) is 8.58. The Morgan fingerprint density at radius 3 is 3.00 bits per heavy atom. The number of likely N-dealkylation sites (N-methyl/N-ethyl adjacent to an activating group) is 1. The summed E-state index contributed by atoms with van der Waals surface area (Å²) < 4.78 is 5.56. The van der Waals surface area contributed by atoms with E-state index in [-0.39, 0.29) is 11.7 Å². The van der Waals surface area contributed by atoms with Crippen molar-refractivity contribution in [3.05, 3.63) is 23.8 Å². The summed E-state index contributed by atoms with van der Waals surface area (Å²) in [4.78, 5) is 13.1. The van der Waals surface area contributed by atoms with Crippen molar-refractivity contribution in [2.24, 2.45) is 0 Å². The van der Waals surface area contributed by atoms with Gasteiger partial charge >= 0.3 is 5.97 Å². The predicted octanol–water partition coefficient (Wildman–Crippen LogP) is 1.58. The van der Waals surface area contributed by atoms with Gasteiger partial charge in [-0.3, -0.25) is 0 Å². The molecule has 0 aliphatic carbocycles. The van der Waals surface area contributed by atoms with Gasteiger partial charge in [0.05, 0.1) is 17.4 Å². The van der Waals surface area contributed by atoms with E-state index >= 15 is 0 Å². The highest BCUT2D eigenvalue weighted by Gasteiger charge is 2.20. The van der Waals surface area contributed by atoms with Crippen LogP contribution in [0.2, 0.25) is 0 Å². The summed E-state index contributed by atoms with van der Waals surface area (Å²) in [7, 11) is 1.87. The van der Waals surface area contributed by atoms with E-state index in [1.54, 1.807) is 12.1 Å². The molecule has 0 saturated carbocycles. The standard InChI is InChI=1S/C13H18N2O3/c1-15(8-10-3-2-6-18-10)12-5-4-9(14)7-11(12)13(16)17/h4-5,7,10H,2-3,6,8,14H2,1H3,(H,16,17). The molecule has 2 rings (SSSR count). The summed E-state index contributed by atoms with van der Waals surface area (Å²) in [5.41, 5.74) is 6.99. The molecule has 98 valence electrons. The molecule has 0 bridgehead atoms. The summed E-state index contributed by atoms with van der Waals surface area (Å²) in [5.74, 6) is -0.962. The van der Waals surface area contributed by atoms with Crippen molar-refractivity contribution in [1.82, 2.24) is 0 Å². The number of anilines is 2. The van der Waals surface area contributed by atoms with Crippen molar-refractivity contribution in [2.75, 3.05) is 30.8 Å². The fourth-order valence-corrected chi connectivity index (χ4v) is 2.25. The van der Waals surface area contributed by atoms with Gasteiger partial charge in [-0.1, -0.05) is 0 Å². The first-order valence-corrected chi connectivity index (χ1v) is 6.03. The number of nitrogen functional groups attached to an aromatic ring is 1. The molecular formula is C13H18N2O3. The quantitative estimate of drug-likeness (QED) is 0.793. The molecular weight excluding hydrogens is 232 g/mol. The largest absolute Gasteiger partial charge is 0.478 e. The third kappa shape index (κ3) is 2.73. The molecule has 5 nitrogen and oxygen atoms in total. The molecule has 1 fully saturated rings. The van der Waals surface area contributed by atoms with E-state index in [1.165, 1.54) is 6.07 Å². The number of carbonyl (C=O) groups is 1. The van der Waals surface area contributed by atoms with E-state index in [0.717, 1.165) is 19.4 Å². The molecule has 3 N–H and O–H groups in total. The second kappa shape index (κ2) is 5.27. The smallest absolute Gasteiger partial charge is 0.337 e. The van der Waals surface area contributed by atoms with Crippen molar-refractivity contribution >= 4 is 17.3 Å². The van der Waals surface area contributed by atoms with E-state index in [2.05, 4.69) is 0 Å². The van der Waals surface area contributed by atoms with E-state index in [0.29, 0.717) is 17.9 Å². The summed E-state index contributed by atoms with van der Waals surface area (Å²) in [6.07, 6.45) is 2.29. The Morgan fingerprint density at radius 1 is 1.61 bits per heavy atom. The highest BCUT2D eigenvalue weighted by Crippen LogP contribution is 2.24. The minimum Gasteiger partial charge on any atom is -0.478 e. The van der Waals surface area contributed by atoms with Crippen molar-refractivity contribution in [3.63, 3.8) is 0 Å². The zero-order valence-corrected chi connectivity index (χ0v) is 10.4. The van der Waals surface area contributed by atoms with Gasteiger partial charge in [-0.2, -0.15) is 0 Å². The van der Waals surface area contributed by atoms with Crippen LogP contribution in [0, 0.1) is 0 Å². The predicted molar refractivity (Wildman–Crippen MR) is 70.1 cm³/mol. The first-order valence-electron chi connectivity index (χ1n) is 6.03. The van der Waals surface area contributed by atoms with E-state index < -0.39 is 5.97 Å². The zero-order chi connectivity index (χ0) is 13.1. The molecule has 0 spiro atoms. The molecule has 1 atom stereocenters. The zero-order valence-electron chi connectivity index (χ0n) is 10.4. The Balaban J connectivity index is 2.17. The van der Waals surface area contributed by atoms with Gasteiger partial charge in [-0.25, -0.2) is 4.79 Å². The van der Waals surface area contributed by atoms with Crippen LogP contribution in [0.3, 0.4) is 0 Å². The maximum atomic E-state index is 11.2. The Labute approximate surface area is 106 Å². The van der Waals surface area contributed by atoms with Gasteiger partial charge in [0, 0.05) is 25.9 Å². The van der Waals surface area contributed by atoms with Gasteiger partial charge in [-0.05, 0) is 31.0 Å². The fraction of sp³-hybridized carbons (Fsp3) is 0.462. The maximum Gasteiger partial charge on any atom is 0.337 e. The lowest BCUT2D eigenvalue weighted by molar-refractivity contribution is 0.0697. The number of hydrogen-bond acceptors (Lipinski definition) is 4. The van der Waals surface area contributed by atoms with Crippen LogP contribution in [0.5, 0.6) is 0 Å². The minimum absolute atomic E-state index is 0.189. The topological polar surface area (TPSA) is 75.8 Å². The van der Waals surface area contributed by atoms with Crippen LogP contribution >= 0.6 is 0 Å². The molecule has 1 heterocycles. The number of hydrogen-bond donors (Lipinski definition) is 2. The van der Waals surface area contributed by atoms with Crippen molar-refractivity contribution in [2.45, 2.75) is 18.9 Å². The molecule has 0 aromatic heterocycles. The van der Waals surface area contributed by atoms with Crippen LogP contribution in [0.1, 0.15) is 23.2 Å². The second-order valence-electron chi connectivity index (χ2n) is 4.60. The Hall–Kier alpha value is -1.75. The monoisotopic (exact) mass is 250 g/mol. The Kier molecular flexibility index (Phi) is 3.72. The van der Waals surface area contributed by atoms with Crippen molar-refractivity contribution in [1.29, 1.82) is 0 Å². The van der Waals surface area contributed by atoms with Gasteiger partial charge < -0.3 is 20.5 Å². The molecule has 5 heteroatoms. The molecule has 1 aromatic carbocycles. The summed E-state index contributed by atoms with van der Waals surface area (Å²) in [6.45, 7) is 1.50. The molecule has 1 aliphatic rings. The molecule has 0 amide bonds. The lowest BCUT2D eigenvalue weighted by atomic mass is 10.1. The Bertz CT molecular complexity index is 442. The third-order valence-electron chi connectivity index (χ3n) is 3.16. The lowest BCUT2D eigenvalue weighted by Gasteiger charge is -2.24. The van der Waals surface area contributed by atoms with Gasteiger partial charge in [0.1, 0.15) is 0 Å². The number of carboxylic acid groups (broad SMARTS) is 1. The number of benzene rings is 1. The average molecular weight is 250 g/mol. The van der Waals surface area contributed by atoms with Crippen molar-refractivity contribution < 1.29 is 14.6 Å². The van der Waals surface area contributed by atoms with Crippen LogP contribution in [0.15, 0.2) is 18.2 Å². The number of aromatic carboxylic acids is 1. The highest BCUT2D eigenvalue weighted by atomic mass is 16.5. The van der Waals surface area contributed by atoms with Crippen LogP contribution in [-0.2, 0) is 4.74 Å². The number of rotatable bonds is 4. The second-order valence-corrected chi connectivity index (χ2v) is 4.60. The van der Waals surface area contributed by atoms with Gasteiger partial charge in [-0.15, -0.1) is 0 Å².